The van der Waals surface area contributed by atoms with Crippen LogP contribution in [0.5, 0.6) is 0 Å². The minimum atomic E-state index is -1.01. The van der Waals surface area contributed by atoms with Crippen molar-refractivity contribution < 1.29 is 15.3 Å². The Kier molecular flexibility index (Phi) is 6.26. The van der Waals surface area contributed by atoms with Gasteiger partial charge in [0, 0.05) is 17.4 Å². The molecule has 1 aliphatic rings. The van der Waals surface area contributed by atoms with Gasteiger partial charge in [0.05, 0.1) is 40.2 Å². The van der Waals surface area contributed by atoms with Crippen LogP contribution in [0.25, 0.3) is 20.8 Å². The van der Waals surface area contributed by atoms with Crippen LogP contribution in [0.4, 0.5) is 11.8 Å². The summed E-state index contributed by atoms with van der Waals surface area (Å²) in [5, 5.41) is 39.8. The zero-order valence-electron chi connectivity index (χ0n) is 18.0. The number of hydrogen-bond acceptors (Lipinski definition) is 10. The van der Waals surface area contributed by atoms with Crippen LogP contribution in [0.15, 0.2) is 41.8 Å². The van der Waals surface area contributed by atoms with Gasteiger partial charge in [-0.25, -0.2) is 9.97 Å². The monoisotopic (exact) mass is 483 g/mol. The van der Waals surface area contributed by atoms with E-state index in [1.165, 1.54) is 4.88 Å². The molecule has 1 aliphatic carbocycles. The van der Waals surface area contributed by atoms with E-state index in [0.717, 1.165) is 26.5 Å². The molecule has 3 heterocycles. The lowest BCUT2D eigenvalue weighted by Gasteiger charge is -2.21. The highest BCUT2D eigenvalue weighted by molar-refractivity contribution is 7.21. The summed E-state index contributed by atoms with van der Waals surface area (Å²) in [4.78, 5) is 15.4. The molecule has 4 unspecified atom stereocenters. The second-order valence-electron chi connectivity index (χ2n) is 8.19. The molecule has 3 aromatic heterocycles. The van der Waals surface area contributed by atoms with Gasteiger partial charge in [-0.15, -0.1) is 22.7 Å². The van der Waals surface area contributed by atoms with Gasteiger partial charge in [-0.2, -0.15) is 4.98 Å². The van der Waals surface area contributed by atoms with E-state index in [2.05, 4.69) is 15.6 Å². The average Bonchev–Trinajstić information content (AvgIpc) is 3.53. The van der Waals surface area contributed by atoms with E-state index < -0.39 is 18.2 Å². The van der Waals surface area contributed by atoms with E-state index in [4.69, 9.17) is 9.97 Å². The van der Waals surface area contributed by atoms with Crippen molar-refractivity contribution in [2.45, 2.75) is 38.1 Å². The zero-order valence-corrected chi connectivity index (χ0v) is 19.6. The van der Waals surface area contributed by atoms with Crippen molar-refractivity contribution in [1.82, 2.24) is 15.0 Å². The lowest BCUT2D eigenvalue weighted by atomic mass is 10.1. The molecule has 0 saturated heterocycles. The normalized spacial score (nSPS) is 22.7. The number of aliphatic hydroxyl groups is 3. The van der Waals surface area contributed by atoms with E-state index >= 15 is 0 Å². The first-order valence-corrected chi connectivity index (χ1v) is 12.5. The highest BCUT2D eigenvalue weighted by Crippen LogP contribution is 2.38. The number of benzene rings is 1. The largest absolute Gasteiger partial charge is 0.396 e. The van der Waals surface area contributed by atoms with Crippen LogP contribution in [-0.2, 0) is 6.54 Å². The van der Waals surface area contributed by atoms with Crippen LogP contribution >= 0.6 is 22.7 Å². The summed E-state index contributed by atoms with van der Waals surface area (Å²) in [6.45, 7) is 2.34. The highest BCUT2D eigenvalue weighted by Gasteiger charge is 2.41. The third kappa shape index (κ3) is 4.44. The lowest BCUT2D eigenvalue weighted by Crippen LogP contribution is -2.35. The van der Waals surface area contributed by atoms with Gasteiger partial charge in [0.2, 0.25) is 5.95 Å². The molecule has 0 bridgehead atoms. The predicted octanol–water partition coefficient (Wildman–Crippen LogP) is 3.25. The Hall–Kier alpha value is -2.63. The van der Waals surface area contributed by atoms with Gasteiger partial charge >= 0.3 is 0 Å². The number of rotatable bonds is 7. The van der Waals surface area contributed by atoms with Crippen LogP contribution in [0.3, 0.4) is 0 Å². The third-order valence-corrected chi connectivity index (χ3v) is 7.89. The van der Waals surface area contributed by atoms with Crippen molar-refractivity contribution in [3.63, 3.8) is 0 Å². The molecule has 5 rings (SSSR count). The molecule has 4 aromatic rings. The van der Waals surface area contributed by atoms with Crippen LogP contribution in [-0.4, -0.2) is 55.1 Å². The van der Waals surface area contributed by atoms with Crippen LogP contribution < -0.4 is 10.6 Å². The lowest BCUT2D eigenvalue weighted by molar-refractivity contribution is 0.00446. The molecule has 1 saturated carbocycles. The molecule has 5 N–H and O–H groups in total. The van der Waals surface area contributed by atoms with Crippen molar-refractivity contribution in [3.8, 4) is 10.6 Å². The number of thiazole rings is 1. The predicted molar refractivity (Wildman–Crippen MR) is 132 cm³/mol. The molecule has 0 aliphatic heterocycles. The van der Waals surface area contributed by atoms with E-state index in [-0.39, 0.29) is 12.5 Å². The van der Waals surface area contributed by atoms with E-state index in [1.54, 1.807) is 22.7 Å². The Bertz CT molecular complexity index is 1210. The Morgan fingerprint density at radius 3 is 2.64 bits per heavy atom. The fourth-order valence-corrected chi connectivity index (χ4v) is 5.90. The van der Waals surface area contributed by atoms with Gasteiger partial charge in [0.1, 0.15) is 16.9 Å². The maximum absolute atomic E-state index is 10.6. The number of aromatic nitrogens is 3. The standard InChI is InChI=1S/C23H25N5O3S2/c1-12-18(22-27-15-6-2-3-7-17(15)33-22)21(26-16-9-13(11-29)19(30)20(16)31)28-23(25-12)24-10-14-5-4-8-32-14/h2-8,13,16,19-20,29-31H,9-11H2,1H3,(H2,24,25,26,28). The maximum atomic E-state index is 10.6. The molecule has 0 radical (unpaired) electrons. The fourth-order valence-electron chi connectivity index (χ4n) is 4.20. The topological polar surface area (TPSA) is 123 Å². The number of thiophene rings is 1. The average molecular weight is 484 g/mol. The molecular formula is C23H25N5O3S2. The number of fused-ring (bicyclic) bond motifs is 1. The van der Waals surface area contributed by atoms with E-state index in [1.807, 2.05) is 48.7 Å². The number of nitrogens with one attached hydrogen (secondary N) is 2. The SMILES string of the molecule is Cc1nc(NCc2cccs2)nc(NC2CC(CO)C(O)C2O)c1-c1nc2ccccc2s1. The number of para-hydroxylation sites is 1. The maximum Gasteiger partial charge on any atom is 0.225 e. The second-order valence-corrected chi connectivity index (χ2v) is 10.2. The summed E-state index contributed by atoms with van der Waals surface area (Å²) in [6, 6.07) is 11.5. The molecule has 0 spiro atoms. The molecule has 1 aromatic carbocycles. The molecule has 1 fully saturated rings. The van der Waals surface area contributed by atoms with Gasteiger partial charge in [-0.1, -0.05) is 18.2 Å². The van der Waals surface area contributed by atoms with Crippen LogP contribution in [0, 0.1) is 12.8 Å². The van der Waals surface area contributed by atoms with Crippen LogP contribution in [0.2, 0.25) is 0 Å². The highest BCUT2D eigenvalue weighted by atomic mass is 32.1. The van der Waals surface area contributed by atoms with Gasteiger partial charge in [0.15, 0.2) is 0 Å². The second kappa shape index (κ2) is 9.32. The number of aryl methyl sites for hydroxylation is 1. The van der Waals surface area contributed by atoms with E-state index in [0.29, 0.717) is 24.7 Å². The van der Waals surface area contributed by atoms with Crippen molar-refractivity contribution in [3.05, 3.63) is 52.3 Å². The third-order valence-electron chi connectivity index (χ3n) is 5.96. The van der Waals surface area contributed by atoms with Crippen molar-refractivity contribution in [2.75, 3.05) is 17.2 Å². The van der Waals surface area contributed by atoms with Crippen molar-refractivity contribution in [2.24, 2.45) is 5.92 Å². The zero-order chi connectivity index (χ0) is 22.9. The summed E-state index contributed by atoms with van der Waals surface area (Å²) in [7, 11) is 0. The first-order valence-electron chi connectivity index (χ1n) is 10.8. The Morgan fingerprint density at radius 2 is 1.91 bits per heavy atom. The molecule has 10 heteroatoms. The summed E-state index contributed by atoms with van der Waals surface area (Å²) in [6.07, 6.45) is -1.57. The quantitative estimate of drug-likeness (QED) is 0.271. The van der Waals surface area contributed by atoms with Crippen molar-refractivity contribution in [1.29, 1.82) is 0 Å². The number of aliphatic hydroxyl groups excluding tert-OH is 3. The molecule has 33 heavy (non-hydrogen) atoms. The smallest absolute Gasteiger partial charge is 0.225 e. The number of anilines is 2. The van der Waals surface area contributed by atoms with Crippen LogP contribution in [0.1, 0.15) is 17.0 Å². The Labute approximate surface area is 199 Å². The molecule has 8 nitrogen and oxygen atoms in total. The summed E-state index contributed by atoms with van der Waals surface area (Å²) in [5.41, 5.74) is 2.43. The van der Waals surface area contributed by atoms with Crippen molar-refractivity contribution >= 4 is 44.7 Å². The molecule has 172 valence electrons. The summed E-state index contributed by atoms with van der Waals surface area (Å²) >= 11 is 3.21. The first kappa shape index (κ1) is 22.2. The van der Waals surface area contributed by atoms with Gasteiger partial charge < -0.3 is 26.0 Å². The molecular weight excluding hydrogens is 458 g/mol. The number of hydrogen-bond donors (Lipinski definition) is 5. The van der Waals surface area contributed by atoms with Gasteiger partial charge in [-0.05, 0) is 36.9 Å². The first-order chi connectivity index (χ1) is 16.0. The van der Waals surface area contributed by atoms with E-state index in [9.17, 15) is 15.3 Å². The van der Waals surface area contributed by atoms with Gasteiger partial charge in [-0.3, -0.25) is 0 Å². The molecule has 4 atom stereocenters. The number of nitrogens with zero attached hydrogens (tertiary/aromatic N) is 3. The fraction of sp³-hybridized carbons (Fsp3) is 0.348. The molecule has 0 amide bonds. The van der Waals surface area contributed by atoms with Gasteiger partial charge in [0.25, 0.3) is 0 Å². The minimum absolute atomic E-state index is 0.183. The minimum Gasteiger partial charge on any atom is -0.396 e. The summed E-state index contributed by atoms with van der Waals surface area (Å²) in [5.74, 6) is 0.632. The Balaban J connectivity index is 1.52. The Morgan fingerprint density at radius 1 is 1.06 bits per heavy atom. The summed E-state index contributed by atoms with van der Waals surface area (Å²) < 4.78 is 1.06.